The summed E-state index contributed by atoms with van der Waals surface area (Å²) < 4.78 is 0. The molecule has 0 unspecified atom stereocenters. The maximum atomic E-state index is 4.70. The third kappa shape index (κ3) is 2.47. The Kier molecular flexibility index (Phi) is 3.61. The largest absolute Gasteiger partial charge is 0.297 e. The Balaban J connectivity index is 1.89. The van der Waals surface area contributed by atoms with Crippen molar-refractivity contribution in [2.75, 3.05) is 4.90 Å². The van der Waals surface area contributed by atoms with Gasteiger partial charge in [0, 0.05) is 40.3 Å². The minimum atomic E-state index is -0.221. The van der Waals surface area contributed by atoms with Crippen molar-refractivity contribution in [1.82, 2.24) is 20.2 Å². The zero-order valence-electron chi connectivity index (χ0n) is 15.5. The lowest BCUT2D eigenvalue weighted by Gasteiger charge is -2.24. The molecule has 1 aliphatic rings. The van der Waals surface area contributed by atoms with E-state index in [1.165, 1.54) is 0 Å². The van der Waals surface area contributed by atoms with Crippen LogP contribution in [0.5, 0.6) is 0 Å². The van der Waals surface area contributed by atoms with Crippen LogP contribution in [0, 0.1) is 13.8 Å². The van der Waals surface area contributed by atoms with Crippen LogP contribution in [-0.2, 0) is 5.41 Å². The highest BCUT2D eigenvalue weighted by Gasteiger charge is 2.41. The summed E-state index contributed by atoms with van der Waals surface area (Å²) in [5.74, 6) is 0.774. The van der Waals surface area contributed by atoms with Gasteiger partial charge < -0.3 is 0 Å². The highest BCUT2D eigenvalue weighted by atomic mass is 15.3. The Labute approximate surface area is 153 Å². The zero-order chi connectivity index (χ0) is 18.5. The number of allylic oxidation sites excluding steroid dienone is 1. The van der Waals surface area contributed by atoms with E-state index in [4.69, 9.17) is 4.98 Å². The Hall–Kier alpha value is -3.08. The van der Waals surface area contributed by atoms with E-state index in [0.717, 1.165) is 45.4 Å². The number of aryl methyl sites for hydroxylation is 2. The molecule has 1 aliphatic heterocycles. The van der Waals surface area contributed by atoms with Gasteiger partial charge in [-0.25, -0.2) is 0 Å². The summed E-state index contributed by atoms with van der Waals surface area (Å²) in [6.45, 7) is 12.6. The van der Waals surface area contributed by atoms with Crippen molar-refractivity contribution in [3.63, 3.8) is 0 Å². The van der Waals surface area contributed by atoms with Crippen LogP contribution in [0.1, 0.15) is 30.8 Å². The van der Waals surface area contributed by atoms with E-state index >= 15 is 0 Å². The highest BCUT2D eigenvalue weighted by molar-refractivity contribution is 5.80. The number of pyridine rings is 2. The predicted octanol–water partition coefficient (Wildman–Crippen LogP) is 4.49. The molecule has 0 aliphatic carbocycles. The van der Waals surface area contributed by atoms with Crippen molar-refractivity contribution in [3.8, 4) is 11.3 Å². The average molecular weight is 343 g/mol. The Bertz CT molecular complexity index is 1010. The molecule has 3 aromatic heterocycles. The van der Waals surface area contributed by atoms with E-state index in [0.29, 0.717) is 0 Å². The summed E-state index contributed by atoms with van der Waals surface area (Å²) in [6.07, 6.45) is 3.76. The highest BCUT2D eigenvalue weighted by Crippen LogP contribution is 2.50. The molecular weight excluding hydrogens is 322 g/mol. The van der Waals surface area contributed by atoms with E-state index in [-0.39, 0.29) is 5.41 Å². The number of nitrogens with zero attached hydrogens (tertiary/aromatic N) is 5. The number of anilines is 2. The number of aromatic nitrogens is 4. The van der Waals surface area contributed by atoms with Crippen LogP contribution in [0.25, 0.3) is 11.3 Å². The van der Waals surface area contributed by atoms with Crippen LogP contribution < -0.4 is 4.90 Å². The first kappa shape index (κ1) is 16.4. The number of hydrogen-bond acceptors (Lipinski definition) is 5. The topological polar surface area (TPSA) is 54.8 Å². The van der Waals surface area contributed by atoms with Crippen molar-refractivity contribution in [2.24, 2.45) is 0 Å². The first-order valence-corrected chi connectivity index (χ1v) is 8.61. The Morgan fingerprint density at radius 2 is 1.77 bits per heavy atom. The summed E-state index contributed by atoms with van der Waals surface area (Å²) >= 11 is 0. The molecule has 5 heteroatoms. The van der Waals surface area contributed by atoms with Gasteiger partial charge in [-0.15, -0.1) is 5.10 Å². The minimum absolute atomic E-state index is 0.221. The first-order chi connectivity index (χ1) is 12.4. The van der Waals surface area contributed by atoms with Gasteiger partial charge in [0.1, 0.15) is 0 Å². The summed E-state index contributed by atoms with van der Waals surface area (Å²) in [5, 5.41) is 8.59. The van der Waals surface area contributed by atoms with Crippen LogP contribution in [-0.4, -0.2) is 20.2 Å². The maximum Gasteiger partial charge on any atom is 0.160 e. The van der Waals surface area contributed by atoms with E-state index in [9.17, 15) is 0 Å². The van der Waals surface area contributed by atoms with Crippen molar-refractivity contribution >= 4 is 11.5 Å². The van der Waals surface area contributed by atoms with E-state index < -0.39 is 0 Å². The smallest absolute Gasteiger partial charge is 0.160 e. The van der Waals surface area contributed by atoms with Gasteiger partial charge in [0.25, 0.3) is 0 Å². The standard InChI is InChI=1S/C21H21N5/c1-13-6-7-20(25-24-13)26-15(3)21(4,5)17-12-23-18(11-19(17)26)16-8-9-22-14(2)10-16/h6-12H,3H2,1-2,4-5H3. The molecule has 0 amide bonds. The van der Waals surface area contributed by atoms with Gasteiger partial charge >= 0.3 is 0 Å². The molecule has 0 fully saturated rings. The summed E-state index contributed by atoms with van der Waals surface area (Å²) in [7, 11) is 0. The lowest BCUT2D eigenvalue weighted by Crippen LogP contribution is -2.22. The first-order valence-electron chi connectivity index (χ1n) is 8.61. The van der Waals surface area contributed by atoms with Crippen LogP contribution in [0.2, 0.25) is 0 Å². The fourth-order valence-electron chi connectivity index (χ4n) is 3.33. The molecule has 26 heavy (non-hydrogen) atoms. The SMILES string of the molecule is C=C1N(c2ccc(C)nn2)c2cc(-c3ccnc(C)c3)ncc2C1(C)C. The lowest BCUT2D eigenvalue weighted by atomic mass is 9.85. The fraction of sp³-hybridized carbons (Fsp3) is 0.238. The van der Waals surface area contributed by atoms with E-state index in [1.54, 1.807) is 0 Å². The van der Waals surface area contributed by atoms with Crippen LogP contribution >= 0.6 is 0 Å². The van der Waals surface area contributed by atoms with Gasteiger partial charge in [-0.3, -0.25) is 14.9 Å². The molecule has 0 saturated heterocycles. The van der Waals surface area contributed by atoms with Crippen LogP contribution in [0.3, 0.4) is 0 Å². The molecule has 0 bridgehead atoms. The Morgan fingerprint density at radius 1 is 0.962 bits per heavy atom. The molecule has 3 aromatic rings. The average Bonchev–Trinajstić information content (AvgIpc) is 2.82. The Morgan fingerprint density at radius 3 is 2.46 bits per heavy atom. The fourth-order valence-corrected chi connectivity index (χ4v) is 3.33. The summed E-state index contributed by atoms with van der Waals surface area (Å²) in [5.41, 5.74) is 6.75. The van der Waals surface area contributed by atoms with Gasteiger partial charge in [0.15, 0.2) is 5.82 Å². The number of rotatable bonds is 2. The lowest BCUT2D eigenvalue weighted by molar-refractivity contribution is 0.643. The molecule has 0 spiro atoms. The molecule has 130 valence electrons. The van der Waals surface area contributed by atoms with Crippen LogP contribution in [0.15, 0.2) is 55.0 Å². The van der Waals surface area contributed by atoms with Crippen molar-refractivity contribution < 1.29 is 0 Å². The van der Waals surface area contributed by atoms with E-state index in [2.05, 4.69) is 46.6 Å². The molecule has 5 nitrogen and oxygen atoms in total. The second kappa shape index (κ2) is 5.73. The molecule has 0 radical (unpaired) electrons. The minimum Gasteiger partial charge on any atom is -0.297 e. The molecule has 4 rings (SSSR count). The van der Waals surface area contributed by atoms with E-state index in [1.807, 2.05) is 50.5 Å². The molecule has 4 heterocycles. The van der Waals surface area contributed by atoms with Crippen LogP contribution in [0.4, 0.5) is 11.5 Å². The second-order valence-corrected chi connectivity index (χ2v) is 7.21. The van der Waals surface area contributed by atoms with Crippen molar-refractivity contribution in [3.05, 3.63) is 72.0 Å². The molecule has 0 aromatic carbocycles. The molecular formula is C21H21N5. The number of fused-ring (bicyclic) bond motifs is 1. The van der Waals surface area contributed by atoms with Crippen molar-refractivity contribution in [2.45, 2.75) is 33.1 Å². The normalized spacial score (nSPS) is 15.2. The zero-order valence-corrected chi connectivity index (χ0v) is 15.5. The monoisotopic (exact) mass is 343 g/mol. The van der Waals surface area contributed by atoms with Gasteiger partial charge in [0.2, 0.25) is 0 Å². The summed E-state index contributed by atoms with van der Waals surface area (Å²) in [4.78, 5) is 11.1. The molecule has 0 saturated carbocycles. The summed E-state index contributed by atoms with van der Waals surface area (Å²) in [6, 6.07) is 10.1. The number of hydrogen-bond donors (Lipinski definition) is 0. The van der Waals surface area contributed by atoms with Gasteiger partial charge in [-0.2, -0.15) is 5.10 Å². The molecule has 0 atom stereocenters. The van der Waals surface area contributed by atoms with Gasteiger partial charge in [-0.1, -0.05) is 20.4 Å². The maximum absolute atomic E-state index is 4.70. The third-order valence-corrected chi connectivity index (χ3v) is 4.99. The quantitative estimate of drug-likeness (QED) is 0.686. The molecule has 0 N–H and O–H groups in total. The predicted molar refractivity (Wildman–Crippen MR) is 103 cm³/mol. The van der Waals surface area contributed by atoms with Gasteiger partial charge in [-0.05, 0) is 44.2 Å². The third-order valence-electron chi connectivity index (χ3n) is 4.99. The van der Waals surface area contributed by atoms with Gasteiger partial charge in [0.05, 0.1) is 17.1 Å². The van der Waals surface area contributed by atoms with Crippen molar-refractivity contribution in [1.29, 1.82) is 0 Å². The second-order valence-electron chi connectivity index (χ2n) is 7.21.